The monoisotopic (exact) mass is 414 g/mol. The van der Waals surface area contributed by atoms with Crippen LogP contribution in [0.4, 0.5) is 11.6 Å². The fourth-order valence-corrected chi connectivity index (χ4v) is 5.16. The third-order valence-electron chi connectivity index (χ3n) is 5.79. The van der Waals surface area contributed by atoms with Gasteiger partial charge < -0.3 is 5.32 Å². The standard InChI is InChI=1S/C23H22N6S/c24-12-10-20(16-6-4-5-7-16)29-15-17(14-25-29)21-22-19(11-13-30-22)27-23(28-21)26-18-8-2-1-3-9-18/h1-3,8-9,11,13-16,20H,4-7,10H2,(H,26,27,28). The number of fused-ring (bicyclic) bond motifs is 1. The summed E-state index contributed by atoms with van der Waals surface area (Å²) in [6.45, 7) is 0. The van der Waals surface area contributed by atoms with E-state index in [0.717, 1.165) is 27.2 Å². The van der Waals surface area contributed by atoms with E-state index in [2.05, 4.69) is 21.5 Å². The Hall–Kier alpha value is -3.24. The molecule has 3 heterocycles. The van der Waals surface area contributed by atoms with Crippen LogP contribution in [-0.2, 0) is 0 Å². The van der Waals surface area contributed by atoms with Gasteiger partial charge in [0.15, 0.2) is 0 Å². The Labute approximate surface area is 179 Å². The first kappa shape index (κ1) is 18.8. The molecule has 0 spiro atoms. The molecule has 1 unspecified atom stereocenters. The third kappa shape index (κ3) is 3.66. The van der Waals surface area contributed by atoms with Crippen molar-refractivity contribution in [3.63, 3.8) is 0 Å². The fraction of sp³-hybridized carbons (Fsp3) is 0.304. The van der Waals surface area contributed by atoms with Gasteiger partial charge in [0.2, 0.25) is 5.95 Å². The number of aromatic nitrogens is 4. The molecule has 5 rings (SSSR count). The lowest BCUT2D eigenvalue weighted by molar-refractivity contribution is 0.315. The zero-order chi connectivity index (χ0) is 20.3. The highest BCUT2D eigenvalue weighted by Gasteiger charge is 2.27. The molecule has 1 aromatic carbocycles. The molecular formula is C23H22N6S. The van der Waals surface area contributed by atoms with Crippen molar-refractivity contribution in [3.8, 4) is 17.3 Å². The minimum atomic E-state index is 0.133. The van der Waals surface area contributed by atoms with Crippen LogP contribution in [0.3, 0.4) is 0 Å². The van der Waals surface area contributed by atoms with Crippen LogP contribution in [0.2, 0.25) is 0 Å². The average Bonchev–Trinajstić information content (AvgIpc) is 3.54. The van der Waals surface area contributed by atoms with Gasteiger partial charge in [0, 0.05) is 17.4 Å². The molecule has 1 aliphatic rings. The second-order valence-corrected chi connectivity index (χ2v) is 8.62. The first-order chi connectivity index (χ1) is 14.8. The van der Waals surface area contributed by atoms with E-state index in [1.807, 2.05) is 58.9 Å². The highest BCUT2D eigenvalue weighted by atomic mass is 32.1. The SMILES string of the molecule is N#CCC(C1CCCC1)n1cc(-c2nc(Nc3ccccc3)nc3ccsc23)cn1. The van der Waals surface area contributed by atoms with Crippen molar-refractivity contribution in [1.29, 1.82) is 5.26 Å². The minimum absolute atomic E-state index is 0.133. The molecule has 1 fully saturated rings. The smallest absolute Gasteiger partial charge is 0.228 e. The maximum atomic E-state index is 9.35. The van der Waals surface area contributed by atoms with Gasteiger partial charge in [-0.2, -0.15) is 10.4 Å². The predicted octanol–water partition coefficient (Wildman–Crippen LogP) is 5.94. The summed E-state index contributed by atoms with van der Waals surface area (Å²) in [5, 5.41) is 19.3. The van der Waals surface area contributed by atoms with Gasteiger partial charge in [0.1, 0.15) is 0 Å². The Bertz CT molecular complexity index is 1180. The summed E-state index contributed by atoms with van der Waals surface area (Å²) in [6, 6.07) is 14.4. The number of benzene rings is 1. The molecule has 150 valence electrons. The minimum Gasteiger partial charge on any atom is -0.324 e. The number of hydrogen-bond donors (Lipinski definition) is 1. The van der Waals surface area contributed by atoms with Crippen LogP contribution in [0.15, 0.2) is 54.2 Å². The molecule has 1 N–H and O–H groups in total. The molecule has 30 heavy (non-hydrogen) atoms. The second-order valence-electron chi connectivity index (χ2n) is 7.70. The predicted molar refractivity (Wildman–Crippen MR) is 120 cm³/mol. The molecule has 0 saturated heterocycles. The number of anilines is 2. The Kier molecular flexibility index (Phi) is 5.16. The molecule has 4 aromatic rings. The van der Waals surface area contributed by atoms with Crippen LogP contribution in [0.5, 0.6) is 0 Å². The van der Waals surface area contributed by atoms with Gasteiger partial charge in [0.25, 0.3) is 0 Å². The van der Waals surface area contributed by atoms with Crippen molar-refractivity contribution in [2.24, 2.45) is 5.92 Å². The van der Waals surface area contributed by atoms with Crippen molar-refractivity contribution in [1.82, 2.24) is 19.7 Å². The van der Waals surface area contributed by atoms with Crippen LogP contribution in [0, 0.1) is 17.2 Å². The average molecular weight is 415 g/mol. The first-order valence-electron chi connectivity index (χ1n) is 10.3. The van der Waals surface area contributed by atoms with Crippen LogP contribution < -0.4 is 5.32 Å². The van der Waals surface area contributed by atoms with E-state index in [4.69, 9.17) is 4.98 Å². The number of thiophene rings is 1. The van der Waals surface area contributed by atoms with Gasteiger partial charge in [-0.15, -0.1) is 11.3 Å². The van der Waals surface area contributed by atoms with Gasteiger partial charge in [-0.25, -0.2) is 9.97 Å². The van der Waals surface area contributed by atoms with E-state index < -0.39 is 0 Å². The van der Waals surface area contributed by atoms with Gasteiger partial charge >= 0.3 is 0 Å². The maximum absolute atomic E-state index is 9.35. The van der Waals surface area contributed by atoms with Crippen molar-refractivity contribution in [2.45, 2.75) is 38.1 Å². The summed E-state index contributed by atoms with van der Waals surface area (Å²) in [6.07, 6.45) is 9.25. The molecule has 7 heteroatoms. The van der Waals surface area contributed by atoms with E-state index in [9.17, 15) is 5.26 Å². The Balaban J connectivity index is 1.51. The van der Waals surface area contributed by atoms with E-state index >= 15 is 0 Å². The Morgan fingerprint density at radius 3 is 2.80 bits per heavy atom. The highest BCUT2D eigenvalue weighted by Crippen LogP contribution is 2.37. The van der Waals surface area contributed by atoms with Gasteiger partial charge in [-0.3, -0.25) is 4.68 Å². The lowest BCUT2D eigenvalue weighted by Gasteiger charge is -2.21. The van der Waals surface area contributed by atoms with Crippen molar-refractivity contribution >= 4 is 33.2 Å². The van der Waals surface area contributed by atoms with Crippen LogP contribution >= 0.6 is 11.3 Å². The largest absolute Gasteiger partial charge is 0.324 e. The van der Waals surface area contributed by atoms with Crippen LogP contribution in [0.1, 0.15) is 38.1 Å². The van der Waals surface area contributed by atoms with Gasteiger partial charge in [-0.1, -0.05) is 31.0 Å². The van der Waals surface area contributed by atoms with Gasteiger partial charge in [0.05, 0.1) is 40.6 Å². The number of rotatable bonds is 6. The number of hydrogen-bond acceptors (Lipinski definition) is 6. The zero-order valence-electron chi connectivity index (χ0n) is 16.5. The molecule has 1 aliphatic carbocycles. The molecule has 0 aliphatic heterocycles. The van der Waals surface area contributed by atoms with Crippen molar-refractivity contribution < 1.29 is 0 Å². The lowest BCUT2D eigenvalue weighted by Crippen LogP contribution is -2.17. The normalized spacial score (nSPS) is 15.3. The lowest BCUT2D eigenvalue weighted by atomic mass is 9.96. The highest BCUT2D eigenvalue weighted by molar-refractivity contribution is 7.17. The van der Waals surface area contributed by atoms with Gasteiger partial charge in [-0.05, 0) is 42.3 Å². The number of nitrogens with one attached hydrogen (secondary N) is 1. The fourth-order valence-electron chi connectivity index (χ4n) is 4.32. The summed E-state index contributed by atoms with van der Waals surface area (Å²) < 4.78 is 3.03. The summed E-state index contributed by atoms with van der Waals surface area (Å²) in [4.78, 5) is 9.49. The summed E-state index contributed by atoms with van der Waals surface area (Å²) in [7, 11) is 0. The summed E-state index contributed by atoms with van der Waals surface area (Å²) in [5.41, 5.74) is 3.70. The summed E-state index contributed by atoms with van der Waals surface area (Å²) in [5.74, 6) is 1.10. The number of para-hydroxylation sites is 1. The van der Waals surface area contributed by atoms with Crippen LogP contribution in [0.25, 0.3) is 21.5 Å². The molecular weight excluding hydrogens is 392 g/mol. The first-order valence-corrected chi connectivity index (χ1v) is 11.2. The van der Waals surface area contributed by atoms with Crippen molar-refractivity contribution in [2.75, 3.05) is 5.32 Å². The molecule has 1 saturated carbocycles. The Morgan fingerprint density at radius 1 is 1.17 bits per heavy atom. The quantitative estimate of drug-likeness (QED) is 0.422. The molecule has 1 atom stereocenters. The van der Waals surface area contributed by atoms with E-state index in [1.54, 1.807) is 11.3 Å². The topological polar surface area (TPSA) is 79.4 Å². The third-order valence-corrected chi connectivity index (χ3v) is 6.70. The van der Waals surface area contributed by atoms with E-state index in [-0.39, 0.29) is 6.04 Å². The molecule has 6 nitrogen and oxygen atoms in total. The number of nitrogens with zero attached hydrogens (tertiary/aromatic N) is 5. The molecule has 3 aromatic heterocycles. The molecule has 0 amide bonds. The number of nitriles is 1. The molecule has 0 radical (unpaired) electrons. The van der Waals surface area contributed by atoms with E-state index in [0.29, 0.717) is 18.3 Å². The second kappa shape index (κ2) is 8.25. The molecule has 0 bridgehead atoms. The Morgan fingerprint density at radius 2 is 2.00 bits per heavy atom. The maximum Gasteiger partial charge on any atom is 0.228 e. The van der Waals surface area contributed by atoms with Crippen molar-refractivity contribution in [3.05, 3.63) is 54.2 Å². The van der Waals surface area contributed by atoms with E-state index in [1.165, 1.54) is 25.7 Å². The summed E-state index contributed by atoms with van der Waals surface area (Å²) >= 11 is 1.63. The van der Waals surface area contributed by atoms with Crippen LogP contribution in [-0.4, -0.2) is 19.7 Å². The zero-order valence-corrected chi connectivity index (χ0v) is 17.3.